The van der Waals surface area contributed by atoms with Crippen molar-refractivity contribution in [2.45, 2.75) is 33.6 Å². The lowest BCUT2D eigenvalue weighted by atomic mass is 10.0. The first-order valence-electron chi connectivity index (χ1n) is 10.3. The van der Waals surface area contributed by atoms with E-state index in [2.05, 4.69) is 69.3 Å². The quantitative estimate of drug-likeness (QED) is 0.376. The van der Waals surface area contributed by atoms with Crippen LogP contribution in [0, 0.1) is 6.92 Å². The Morgan fingerprint density at radius 1 is 0.828 bits per heavy atom. The maximum Gasteiger partial charge on any atom is 0.119 e. The Hall–Kier alpha value is -3.20. The van der Waals surface area contributed by atoms with Gasteiger partial charge in [-0.15, -0.1) is 0 Å². The molecule has 0 N–H and O–H groups in total. The molecule has 0 saturated heterocycles. The van der Waals surface area contributed by atoms with Crippen molar-refractivity contribution in [2.24, 2.45) is 0 Å². The van der Waals surface area contributed by atoms with Crippen molar-refractivity contribution in [1.82, 2.24) is 9.97 Å². The standard InChI is InChI=1S/C26H26N2O/c1-4-14-29-22-10-7-20(8-11-22)21-9-13-25(27-17-21)26-16-19(5-2)23-15-18(3)6-12-24(23)28-26/h6-13,15-17H,4-5,14H2,1-3H3. The van der Waals surface area contributed by atoms with Gasteiger partial charge in [-0.1, -0.05) is 43.7 Å². The van der Waals surface area contributed by atoms with Crippen LogP contribution in [0.15, 0.2) is 66.9 Å². The van der Waals surface area contributed by atoms with Crippen LogP contribution in [0.2, 0.25) is 0 Å². The molecule has 0 unspecified atom stereocenters. The van der Waals surface area contributed by atoms with Crippen LogP contribution in [0.5, 0.6) is 5.75 Å². The number of fused-ring (bicyclic) bond motifs is 1. The summed E-state index contributed by atoms with van der Waals surface area (Å²) < 4.78 is 5.66. The van der Waals surface area contributed by atoms with Crippen LogP contribution in [0.1, 0.15) is 31.4 Å². The van der Waals surface area contributed by atoms with Gasteiger partial charge in [-0.05, 0) is 67.3 Å². The zero-order chi connectivity index (χ0) is 20.2. The van der Waals surface area contributed by atoms with Gasteiger partial charge in [0.2, 0.25) is 0 Å². The molecule has 146 valence electrons. The minimum Gasteiger partial charge on any atom is -0.494 e. The molecule has 29 heavy (non-hydrogen) atoms. The molecule has 0 bridgehead atoms. The van der Waals surface area contributed by atoms with E-state index < -0.39 is 0 Å². The lowest BCUT2D eigenvalue weighted by Gasteiger charge is -2.10. The van der Waals surface area contributed by atoms with Crippen molar-refractivity contribution in [3.63, 3.8) is 0 Å². The summed E-state index contributed by atoms with van der Waals surface area (Å²) in [5.74, 6) is 0.905. The molecule has 0 atom stereocenters. The molecule has 2 aromatic carbocycles. The second-order valence-electron chi connectivity index (χ2n) is 7.35. The van der Waals surface area contributed by atoms with E-state index >= 15 is 0 Å². The number of pyridine rings is 2. The number of rotatable bonds is 6. The molecule has 3 nitrogen and oxygen atoms in total. The molecule has 2 aromatic heterocycles. The number of aromatic nitrogens is 2. The zero-order valence-electron chi connectivity index (χ0n) is 17.3. The van der Waals surface area contributed by atoms with E-state index in [0.717, 1.165) is 53.2 Å². The fraction of sp³-hybridized carbons (Fsp3) is 0.231. The molecule has 4 rings (SSSR count). The fourth-order valence-corrected chi connectivity index (χ4v) is 3.51. The molecule has 0 spiro atoms. The molecular weight excluding hydrogens is 356 g/mol. The van der Waals surface area contributed by atoms with Gasteiger partial charge in [-0.25, -0.2) is 4.98 Å². The number of nitrogens with zero attached hydrogens (tertiary/aromatic N) is 2. The van der Waals surface area contributed by atoms with Gasteiger partial charge in [0, 0.05) is 17.1 Å². The Morgan fingerprint density at radius 2 is 1.62 bits per heavy atom. The van der Waals surface area contributed by atoms with Crippen molar-refractivity contribution in [1.29, 1.82) is 0 Å². The van der Waals surface area contributed by atoms with Gasteiger partial charge in [0.25, 0.3) is 0 Å². The minimum atomic E-state index is 0.744. The van der Waals surface area contributed by atoms with Crippen molar-refractivity contribution >= 4 is 10.9 Å². The maximum atomic E-state index is 5.66. The molecule has 0 fully saturated rings. The average molecular weight is 383 g/mol. The van der Waals surface area contributed by atoms with Crippen LogP contribution < -0.4 is 4.74 Å². The molecule has 0 aliphatic heterocycles. The zero-order valence-corrected chi connectivity index (χ0v) is 17.3. The molecule has 2 heterocycles. The summed E-state index contributed by atoms with van der Waals surface area (Å²) in [6.07, 6.45) is 3.90. The van der Waals surface area contributed by atoms with Crippen molar-refractivity contribution < 1.29 is 4.74 Å². The average Bonchev–Trinajstić information content (AvgIpc) is 2.77. The Balaban J connectivity index is 1.63. The molecule has 0 radical (unpaired) electrons. The summed E-state index contributed by atoms with van der Waals surface area (Å²) in [4.78, 5) is 9.56. The molecule has 0 aliphatic rings. The number of aryl methyl sites for hydroxylation is 2. The number of benzene rings is 2. The largest absolute Gasteiger partial charge is 0.494 e. The van der Waals surface area contributed by atoms with E-state index in [1.54, 1.807) is 0 Å². The van der Waals surface area contributed by atoms with Crippen LogP contribution in [-0.4, -0.2) is 16.6 Å². The molecule has 4 aromatic rings. The van der Waals surface area contributed by atoms with Crippen LogP contribution in [0.4, 0.5) is 0 Å². The van der Waals surface area contributed by atoms with Crippen molar-refractivity contribution in [2.75, 3.05) is 6.61 Å². The summed E-state index contributed by atoms with van der Waals surface area (Å²) in [7, 11) is 0. The SMILES string of the molecule is CCCOc1ccc(-c2ccc(-c3cc(CC)c4cc(C)ccc4n3)nc2)cc1. The fourth-order valence-electron chi connectivity index (χ4n) is 3.51. The smallest absolute Gasteiger partial charge is 0.119 e. The van der Waals surface area contributed by atoms with Gasteiger partial charge >= 0.3 is 0 Å². The number of ether oxygens (including phenoxy) is 1. The van der Waals surface area contributed by atoms with Gasteiger partial charge in [0.15, 0.2) is 0 Å². The third kappa shape index (κ3) is 4.14. The van der Waals surface area contributed by atoms with Gasteiger partial charge < -0.3 is 4.74 Å². The number of hydrogen-bond donors (Lipinski definition) is 0. The van der Waals surface area contributed by atoms with Gasteiger partial charge in [0.1, 0.15) is 5.75 Å². The van der Waals surface area contributed by atoms with Gasteiger partial charge in [0.05, 0.1) is 23.5 Å². The molecule has 0 amide bonds. The Labute approximate surface area is 172 Å². The summed E-state index contributed by atoms with van der Waals surface area (Å²) in [6, 6.07) is 20.9. The van der Waals surface area contributed by atoms with Crippen LogP contribution in [0.3, 0.4) is 0 Å². The summed E-state index contributed by atoms with van der Waals surface area (Å²) in [5.41, 5.74) is 7.63. The van der Waals surface area contributed by atoms with Crippen molar-refractivity contribution in [3.05, 3.63) is 78.0 Å². The summed E-state index contributed by atoms with van der Waals surface area (Å²) in [6.45, 7) is 7.16. The third-order valence-electron chi connectivity index (χ3n) is 5.12. The minimum absolute atomic E-state index is 0.744. The highest BCUT2D eigenvalue weighted by Gasteiger charge is 2.09. The van der Waals surface area contributed by atoms with Gasteiger partial charge in [-0.2, -0.15) is 0 Å². The second-order valence-corrected chi connectivity index (χ2v) is 7.35. The normalized spacial score (nSPS) is 11.0. The summed E-state index contributed by atoms with van der Waals surface area (Å²) in [5, 5.41) is 1.23. The molecular formula is C26H26N2O. The lowest BCUT2D eigenvalue weighted by Crippen LogP contribution is -1.95. The summed E-state index contributed by atoms with van der Waals surface area (Å²) >= 11 is 0. The Kier molecular flexibility index (Phi) is 5.57. The first kappa shape index (κ1) is 19.1. The topological polar surface area (TPSA) is 35.0 Å². The molecule has 0 aliphatic carbocycles. The van der Waals surface area contributed by atoms with E-state index in [-0.39, 0.29) is 0 Å². The monoisotopic (exact) mass is 382 g/mol. The first-order chi connectivity index (χ1) is 14.2. The van der Waals surface area contributed by atoms with E-state index in [9.17, 15) is 0 Å². The molecule has 3 heteroatoms. The highest BCUT2D eigenvalue weighted by atomic mass is 16.5. The van der Waals surface area contributed by atoms with E-state index in [4.69, 9.17) is 14.7 Å². The van der Waals surface area contributed by atoms with E-state index in [0.29, 0.717) is 0 Å². The van der Waals surface area contributed by atoms with Gasteiger partial charge in [-0.3, -0.25) is 4.98 Å². The van der Waals surface area contributed by atoms with E-state index in [1.807, 2.05) is 18.3 Å². The molecule has 0 saturated carbocycles. The first-order valence-corrected chi connectivity index (χ1v) is 10.3. The maximum absolute atomic E-state index is 5.66. The highest BCUT2D eigenvalue weighted by Crippen LogP contribution is 2.27. The third-order valence-corrected chi connectivity index (χ3v) is 5.12. The van der Waals surface area contributed by atoms with Crippen LogP contribution >= 0.6 is 0 Å². The Bertz CT molecular complexity index is 1120. The second kappa shape index (κ2) is 8.44. The highest BCUT2D eigenvalue weighted by molar-refractivity contribution is 5.85. The van der Waals surface area contributed by atoms with Crippen LogP contribution in [-0.2, 0) is 6.42 Å². The lowest BCUT2D eigenvalue weighted by molar-refractivity contribution is 0.317. The number of hydrogen-bond acceptors (Lipinski definition) is 3. The predicted molar refractivity (Wildman–Crippen MR) is 120 cm³/mol. The Morgan fingerprint density at radius 3 is 2.31 bits per heavy atom. The predicted octanol–water partition coefficient (Wildman–Crippen LogP) is 6.62. The van der Waals surface area contributed by atoms with Crippen LogP contribution in [0.25, 0.3) is 33.4 Å². The van der Waals surface area contributed by atoms with Crippen molar-refractivity contribution in [3.8, 4) is 28.3 Å². The van der Waals surface area contributed by atoms with E-state index in [1.165, 1.54) is 16.5 Å².